The van der Waals surface area contributed by atoms with Crippen molar-refractivity contribution in [3.63, 3.8) is 0 Å². The van der Waals surface area contributed by atoms with Gasteiger partial charge in [-0.25, -0.2) is 4.79 Å². The number of piperidine rings is 1. The number of aliphatic hydroxyl groups is 1. The Labute approximate surface area is 247 Å². The number of likely N-dealkylation sites (N-methyl/N-ethyl adjacent to an activating group) is 3. The maximum absolute atomic E-state index is 12.4. The van der Waals surface area contributed by atoms with Gasteiger partial charge in [0.1, 0.15) is 30.0 Å². The number of aliphatic hydroxyl groups excluding tert-OH is 1. The highest BCUT2D eigenvalue weighted by Crippen LogP contribution is 2.52. The summed E-state index contributed by atoms with van der Waals surface area (Å²) in [4.78, 5) is 30.9. The fourth-order valence-electron chi connectivity index (χ4n) is 7.82. The predicted octanol–water partition coefficient (Wildman–Crippen LogP) is 2.69. The highest BCUT2D eigenvalue weighted by atomic mass is 16.6. The molecule has 226 valence electrons. The van der Waals surface area contributed by atoms with Crippen molar-refractivity contribution in [3.8, 4) is 5.75 Å². The summed E-state index contributed by atoms with van der Waals surface area (Å²) in [5, 5.41) is 12.0. The first-order valence-corrected chi connectivity index (χ1v) is 14.9. The number of morpholine rings is 1. The molecule has 7 rings (SSSR count). The maximum Gasteiger partial charge on any atom is 0.412 e. The van der Waals surface area contributed by atoms with Gasteiger partial charge in [-0.1, -0.05) is 37.3 Å². The summed E-state index contributed by atoms with van der Waals surface area (Å²) in [6.45, 7) is 3.16. The molecule has 0 radical (unpaired) electrons. The molecule has 7 atom stereocenters. The second-order valence-corrected chi connectivity index (χ2v) is 12.5. The SMILES string of the molecule is CN1C2CC(OC(=O)[C@H](CO)c3ccccc3)CC1[C@H]1O[C@H]21.CNC(=O)Oc1ccc2c(c1)[C@]1(C)CCN(C)[C@@H]1N2C. The zero-order chi connectivity index (χ0) is 29.8. The Morgan fingerprint density at radius 2 is 1.79 bits per heavy atom. The molecule has 2 aromatic rings. The number of rotatable bonds is 5. The first-order valence-electron chi connectivity index (χ1n) is 14.9. The van der Waals surface area contributed by atoms with Crippen LogP contribution in [0, 0.1) is 0 Å². The minimum Gasteiger partial charge on any atom is -0.462 e. The van der Waals surface area contributed by atoms with Gasteiger partial charge in [-0.3, -0.25) is 14.6 Å². The number of carbonyl (C=O) groups excluding carboxylic acids is 2. The predicted molar refractivity (Wildman–Crippen MR) is 158 cm³/mol. The number of fused-ring (bicyclic) bond motifs is 8. The van der Waals surface area contributed by atoms with E-state index >= 15 is 0 Å². The van der Waals surface area contributed by atoms with Crippen molar-refractivity contribution in [2.24, 2.45) is 0 Å². The van der Waals surface area contributed by atoms with Crippen molar-refractivity contribution >= 4 is 17.7 Å². The summed E-state index contributed by atoms with van der Waals surface area (Å²) in [5.41, 5.74) is 3.40. The quantitative estimate of drug-likeness (QED) is 0.409. The van der Waals surface area contributed by atoms with E-state index in [1.54, 1.807) is 7.05 Å². The molecule has 2 N–H and O–H groups in total. The maximum atomic E-state index is 12.4. The first-order chi connectivity index (χ1) is 20.2. The van der Waals surface area contributed by atoms with Gasteiger partial charge in [0.2, 0.25) is 0 Å². The molecule has 0 saturated carbocycles. The summed E-state index contributed by atoms with van der Waals surface area (Å²) in [6, 6.07) is 16.0. The van der Waals surface area contributed by atoms with E-state index in [0.717, 1.165) is 31.4 Å². The minimum atomic E-state index is -0.593. The zero-order valence-corrected chi connectivity index (χ0v) is 25.0. The van der Waals surface area contributed by atoms with Crippen LogP contribution in [0.15, 0.2) is 48.5 Å². The topological polar surface area (TPSA) is 107 Å². The van der Waals surface area contributed by atoms with Gasteiger partial charge in [0.25, 0.3) is 0 Å². The molecular formula is C32H42N4O6. The van der Waals surface area contributed by atoms with Crippen LogP contribution in [0.5, 0.6) is 5.75 Å². The van der Waals surface area contributed by atoms with Crippen LogP contribution in [0.25, 0.3) is 0 Å². The second-order valence-electron chi connectivity index (χ2n) is 12.5. The summed E-state index contributed by atoms with van der Waals surface area (Å²) < 4.78 is 16.6. The van der Waals surface area contributed by atoms with Gasteiger partial charge in [0, 0.05) is 56.7 Å². The monoisotopic (exact) mass is 578 g/mol. The molecule has 2 unspecified atom stereocenters. The number of nitrogens with one attached hydrogen (secondary N) is 1. The molecule has 10 heteroatoms. The van der Waals surface area contributed by atoms with Crippen molar-refractivity contribution in [1.29, 1.82) is 0 Å². The van der Waals surface area contributed by atoms with Crippen molar-refractivity contribution in [1.82, 2.24) is 15.1 Å². The van der Waals surface area contributed by atoms with Gasteiger partial charge in [0.05, 0.1) is 12.8 Å². The van der Waals surface area contributed by atoms with E-state index in [0.29, 0.717) is 36.2 Å². The summed E-state index contributed by atoms with van der Waals surface area (Å²) >= 11 is 0. The highest BCUT2D eigenvalue weighted by molar-refractivity contribution is 5.78. The van der Waals surface area contributed by atoms with Gasteiger partial charge in [0.15, 0.2) is 0 Å². The third-order valence-electron chi connectivity index (χ3n) is 10.0. The van der Waals surface area contributed by atoms with Crippen LogP contribution in [-0.4, -0.2) is 105 Å². The molecular weight excluding hydrogens is 536 g/mol. The molecule has 2 aromatic carbocycles. The van der Waals surface area contributed by atoms with Crippen LogP contribution in [0.1, 0.15) is 43.2 Å². The smallest absolute Gasteiger partial charge is 0.412 e. The number of anilines is 1. The summed E-state index contributed by atoms with van der Waals surface area (Å²) in [7, 11) is 7.99. The number of hydrogen-bond acceptors (Lipinski definition) is 9. The molecule has 42 heavy (non-hydrogen) atoms. The number of esters is 1. The number of likely N-dealkylation sites (tertiary alicyclic amines) is 1. The summed E-state index contributed by atoms with van der Waals surface area (Å²) in [6.07, 6.45) is 3.33. The third kappa shape index (κ3) is 4.94. The van der Waals surface area contributed by atoms with Crippen LogP contribution in [0.2, 0.25) is 0 Å². The minimum absolute atomic E-state index is 0.0622. The molecule has 5 heterocycles. The molecule has 4 fully saturated rings. The highest BCUT2D eigenvalue weighted by Gasteiger charge is 2.63. The fraction of sp³-hybridized carbons (Fsp3) is 0.562. The standard InChI is InChI=1S/C17H21NO4.C15H21N3O2/c1-18-13-7-11(8-14(18)16-15(13)22-16)21-17(20)12(9-19)10-5-3-2-4-6-10;1-15-7-8-17(3)13(15)18(4)12-6-5-10(9-11(12)15)20-14(19)16-2/h2-6,11-16,19H,7-9H2,1H3;5-6,9,13H,7-8H2,1-4H3,(H,16,19)/t11?,12-,13?,14?,15-,16-;13-,15+/m11/s1. The Kier molecular flexibility index (Phi) is 7.67. The van der Waals surface area contributed by atoms with E-state index in [-0.39, 0.29) is 24.1 Å². The molecule has 2 bridgehead atoms. The lowest BCUT2D eigenvalue weighted by atomic mass is 9.81. The zero-order valence-electron chi connectivity index (χ0n) is 25.0. The van der Waals surface area contributed by atoms with Gasteiger partial charge < -0.3 is 29.5 Å². The normalized spacial score (nSPS) is 33.0. The average molecular weight is 579 g/mol. The number of amides is 1. The lowest BCUT2D eigenvalue weighted by molar-refractivity contribution is -0.156. The molecule has 4 saturated heterocycles. The van der Waals surface area contributed by atoms with Gasteiger partial charge >= 0.3 is 12.1 Å². The number of epoxide rings is 1. The molecule has 1 amide bonds. The van der Waals surface area contributed by atoms with Crippen LogP contribution >= 0.6 is 0 Å². The van der Waals surface area contributed by atoms with Gasteiger partial charge in [-0.05, 0) is 49.8 Å². The molecule has 5 aliphatic rings. The lowest BCUT2D eigenvalue weighted by Gasteiger charge is -2.38. The number of nitrogens with zero attached hydrogens (tertiary/aromatic N) is 3. The number of ether oxygens (including phenoxy) is 3. The van der Waals surface area contributed by atoms with E-state index in [9.17, 15) is 14.7 Å². The fourth-order valence-corrected chi connectivity index (χ4v) is 7.82. The van der Waals surface area contributed by atoms with Crippen molar-refractivity contribution < 1.29 is 28.9 Å². The molecule has 5 aliphatic heterocycles. The van der Waals surface area contributed by atoms with Crippen LogP contribution in [-0.2, 0) is 19.7 Å². The Balaban J connectivity index is 0.000000151. The van der Waals surface area contributed by atoms with E-state index in [1.165, 1.54) is 11.3 Å². The van der Waals surface area contributed by atoms with E-state index in [2.05, 4.69) is 48.1 Å². The summed E-state index contributed by atoms with van der Waals surface area (Å²) in [5.74, 6) is -0.311. The van der Waals surface area contributed by atoms with Gasteiger partial charge in [-0.2, -0.15) is 0 Å². The molecule has 0 spiro atoms. The molecule has 0 aromatic heterocycles. The Morgan fingerprint density at radius 1 is 1.10 bits per heavy atom. The van der Waals surface area contributed by atoms with E-state index < -0.39 is 12.0 Å². The Hall–Kier alpha value is -3.18. The van der Waals surface area contributed by atoms with E-state index in [1.807, 2.05) is 48.5 Å². The second kappa shape index (κ2) is 11.1. The van der Waals surface area contributed by atoms with Crippen LogP contribution < -0.4 is 15.0 Å². The van der Waals surface area contributed by atoms with Crippen molar-refractivity contribution in [2.45, 2.75) is 74.1 Å². The van der Waals surface area contributed by atoms with Crippen molar-refractivity contribution in [3.05, 3.63) is 59.7 Å². The Morgan fingerprint density at radius 3 is 2.43 bits per heavy atom. The van der Waals surface area contributed by atoms with Crippen LogP contribution in [0.3, 0.4) is 0 Å². The van der Waals surface area contributed by atoms with Crippen LogP contribution in [0.4, 0.5) is 10.5 Å². The molecule has 0 aliphatic carbocycles. The number of benzene rings is 2. The van der Waals surface area contributed by atoms with Crippen molar-refractivity contribution in [2.75, 3.05) is 46.2 Å². The largest absolute Gasteiger partial charge is 0.462 e. The molecule has 10 nitrogen and oxygen atoms in total. The van der Waals surface area contributed by atoms with E-state index in [4.69, 9.17) is 14.2 Å². The lowest BCUT2D eigenvalue weighted by Crippen LogP contribution is -2.48. The average Bonchev–Trinajstić information content (AvgIpc) is 3.63. The van der Waals surface area contributed by atoms with Gasteiger partial charge in [-0.15, -0.1) is 0 Å². The third-order valence-corrected chi connectivity index (χ3v) is 10.0. The number of carbonyl (C=O) groups is 2. The number of hydrogen-bond donors (Lipinski definition) is 2. The Bertz CT molecular complexity index is 1310. The first kappa shape index (κ1) is 28.9.